The molecule has 1 aliphatic rings. The van der Waals surface area contributed by atoms with Crippen molar-refractivity contribution in [3.63, 3.8) is 0 Å². The van der Waals surface area contributed by atoms with Gasteiger partial charge in [0.25, 0.3) is 0 Å². The zero-order chi connectivity index (χ0) is 13.3. The van der Waals surface area contributed by atoms with Crippen LogP contribution in [0.3, 0.4) is 0 Å². The first-order chi connectivity index (χ1) is 8.49. The number of primary amides is 1. The molecule has 0 spiro atoms. The molecule has 2 atom stereocenters. The number of ether oxygens (including phenoxy) is 1. The fourth-order valence-corrected chi connectivity index (χ4v) is 2.44. The van der Waals surface area contributed by atoms with Crippen LogP contribution in [0.2, 0.25) is 0 Å². The second kappa shape index (κ2) is 4.33. The van der Waals surface area contributed by atoms with Gasteiger partial charge >= 0.3 is 5.97 Å². The van der Waals surface area contributed by atoms with Crippen molar-refractivity contribution in [2.45, 2.75) is 12.8 Å². The van der Waals surface area contributed by atoms with E-state index < -0.39 is 17.2 Å². The zero-order valence-electron chi connectivity index (χ0n) is 10.2. The van der Waals surface area contributed by atoms with Crippen molar-refractivity contribution < 1.29 is 14.3 Å². The summed E-state index contributed by atoms with van der Waals surface area (Å²) in [7, 11) is 1.32. The predicted molar refractivity (Wildman–Crippen MR) is 66.3 cm³/mol. The first kappa shape index (κ1) is 12.4. The van der Waals surface area contributed by atoms with Crippen LogP contribution in [0, 0.1) is 11.3 Å². The summed E-state index contributed by atoms with van der Waals surface area (Å²) in [6, 6.07) is 7.25. The molecule has 96 valence electrons. The molecule has 0 heterocycles. The summed E-state index contributed by atoms with van der Waals surface area (Å²) < 4.78 is 4.78. The number of carbonyl (C=O) groups excluding carboxylic acids is 2. The van der Waals surface area contributed by atoms with Crippen molar-refractivity contribution in [1.29, 1.82) is 0 Å². The van der Waals surface area contributed by atoms with Crippen LogP contribution in [-0.2, 0) is 20.7 Å². The number of rotatable bonds is 4. The molecule has 4 N–H and O–H groups in total. The Balaban J connectivity index is 2.23. The summed E-state index contributed by atoms with van der Waals surface area (Å²) in [4.78, 5) is 23.1. The molecule has 0 unspecified atom stereocenters. The maximum absolute atomic E-state index is 11.8. The third-order valence-electron chi connectivity index (χ3n) is 3.48. The first-order valence-corrected chi connectivity index (χ1v) is 5.72. The maximum atomic E-state index is 11.8. The highest BCUT2D eigenvalue weighted by Crippen LogP contribution is 2.55. The smallest absolute Gasteiger partial charge is 0.312 e. The van der Waals surface area contributed by atoms with Gasteiger partial charge in [0.15, 0.2) is 0 Å². The van der Waals surface area contributed by atoms with E-state index >= 15 is 0 Å². The molecule has 0 aliphatic heterocycles. The largest absolute Gasteiger partial charge is 0.469 e. The predicted octanol–water partition coefficient (Wildman–Crippen LogP) is 0.476. The van der Waals surface area contributed by atoms with Crippen molar-refractivity contribution in [1.82, 2.24) is 0 Å². The molecule has 5 nitrogen and oxygen atoms in total. The minimum atomic E-state index is -0.797. The topological polar surface area (TPSA) is 95.4 Å². The van der Waals surface area contributed by atoms with Gasteiger partial charge in [-0.05, 0) is 30.5 Å². The number of nitrogen functional groups attached to an aromatic ring is 1. The van der Waals surface area contributed by atoms with Gasteiger partial charge in [-0.25, -0.2) is 0 Å². The fraction of sp³-hybridized carbons (Fsp3) is 0.385. The average molecular weight is 248 g/mol. The second-order valence-electron chi connectivity index (χ2n) is 4.73. The lowest BCUT2D eigenvalue weighted by Gasteiger charge is -2.14. The Morgan fingerprint density at radius 2 is 2.22 bits per heavy atom. The molecule has 0 bridgehead atoms. The molecule has 0 saturated heterocycles. The van der Waals surface area contributed by atoms with E-state index in [1.807, 2.05) is 12.1 Å². The number of methoxy groups -OCH3 is 1. The third kappa shape index (κ3) is 2.03. The Bertz CT molecular complexity index is 501. The van der Waals surface area contributed by atoms with Crippen LogP contribution in [0.25, 0.3) is 0 Å². The summed E-state index contributed by atoms with van der Waals surface area (Å²) in [6.45, 7) is 0. The van der Waals surface area contributed by atoms with E-state index in [0.717, 1.165) is 5.56 Å². The van der Waals surface area contributed by atoms with Crippen LogP contribution in [0.15, 0.2) is 24.3 Å². The van der Waals surface area contributed by atoms with Gasteiger partial charge in [-0.1, -0.05) is 12.1 Å². The van der Waals surface area contributed by atoms with Crippen molar-refractivity contribution in [3.05, 3.63) is 29.8 Å². The molecule has 1 aliphatic carbocycles. The fourth-order valence-electron chi connectivity index (χ4n) is 2.44. The normalized spacial score (nSPS) is 25.5. The number of anilines is 1. The lowest BCUT2D eigenvalue weighted by Crippen LogP contribution is -2.28. The Hall–Kier alpha value is -2.04. The number of esters is 1. The maximum Gasteiger partial charge on any atom is 0.312 e. The number of benzene rings is 1. The molecule has 1 aromatic rings. The lowest BCUT2D eigenvalue weighted by molar-refractivity contribution is -0.148. The number of carbonyl (C=O) groups is 2. The Morgan fingerprint density at radius 1 is 1.50 bits per heavy atom. The first-order valence-electron chi connectivity index (χ1n) is 5.72. The SMILES string of the molecule is COC(=O)[C@@]1(Cc2cccc(N)c2)C[C@@H]1C(N)=O. The molecule has 1 saturated carbocycles. The summed E-state index contributed by atoms with van der Waals surface area (Å²) in [6.07, 6.45) is 0.877. The molecule has 2 rings (SSSR count). The quantitative estimate of drug-likeness (QED) is 0.598. The molecule has 5 heteroatoms. The summed E-state index contributed by atoms with van der Waals surface area (Å²) in [5.74, 6) is -1.27. The van der Waals surface area contributed by atoms with Gasteiger partial charge in [0.05, 0.1) is 18.4 Å². The van der Waals surface area contributed by atoms with Gasteiger partial charge in [0.2, 0.25) is 5.91 Å². The molecular formula is C13H16N2O3. The molecule has 0 aromatic heterocycles. The van der Waals surface area contributed by atoms with E-state index in [4.69, 9.17) is 16.2 Å². The molecule has 1 aromatic carbocycles. The van der Waals surface area contributed by atoms with Gasteiger partial charge in [-0.3, -0.25) is 9.59 Å². The Morgan fingerprint density at radius 3 is 2.72 bits per heavy atom. The van der Waals surface area contributed by atoms with E-state index in [0.29, 0.717) is 18.5 Å². The highest BCUT2D eigenvalue weighted by molar-refractivity contribution is 5.92. The van der Waals surface area contributed by atoms with E-state index in [9.17, 15) is 9.59 Å². The molecular weight excluding hydrogens is 232 g/mol. The Labute approximate surface area is 105 Å². The van der Waals surface area contributed by atoms with Gasteiger partial charge in [-0.2, -0.15) is 0 Å². The average Bonchev–Trinajstić information content (AvgIpc) is 3.04. The standard InChI is InChI=1S/C13H16N2O3/c1-18-12(17)13(7-10(13)11(15)16)6-8-3-2-4-9(14)5-8/h2-5,10H,6-7,14H2,1H3,(H2,15,16)/t10-,13+/m1/s1. The molecule has 0 radical (unpaired) electrons. The monoisotopic (exact) mass is 248 g/mol. The van der Waals surface area contributed by atoms with Crippen LogP contribution >= 0.6 is 0 Å². The summed E-state index contributed by atoms with van der Waals surface area (Å²) in [5, 5.41) is 0. The Kier molecular flexibility index (Phi) is 2.98. The number of hydrogen-bond donors (Lipinski definition) is 2. The molecule has 1 fully saturated rings. The highest BCUT2D eigenvalue weighted by atomic mass is 16.5. The number of amides is 1. The van der Waals surface area contributed by atoms with Crippen LogP contribution in [0.1, 0.15) is 12.0 Å². The van der Waals surface area contributed by atoms with E-state index in [-0.39, 0.29) is 5.97 Å². The molecule has 1 amide bonds. The highest BCUT2D eigenvalue weighted by Gasteiger charge is 2.63. The van der Waals surface area contributed by atoms with Gasteiger partial charge in [-0.15, -0.1) is 0 Å². The summed E-state index contributed by atoms with van der Waals surface area (Å²) >= 11 is 0. The van der Waals surface area contributed by atoms with Crippen LogP contribution in [-0.4, -0.2) is 19.0 Å². The van der Waals surface area contributed by atoms with Crippen LogP contribution < -0.4 is 11.5 Å². The van der Waals surface area contributed by atoms with Crippen molar-refractivity contribution in [3.8, 4) is 0 Å². The van der Waals surface area contributed by atoms with Crippen molar-refractivity contribution in [2.75, 3.05) is 12.8 Å². The van der Waals surface area contributed by atoms with E-state index in [2.05, 4.69) is 0 Å². The van der Waals surface area contributed by atoms with Crippen LogP contribution in [0.4, 0.5) is 5.69 Å². The number of nitrogens with two attached hydrogens (primary N) is 2. The van der Waals surface area contributed by atoms with Crippen molar-refractivity contribution >= 4 is 17.6 Å². The summed E-state index contributed by atoms with van der Waals surface area (Å²) in [5.41, 5.74) is 11.7. The van der Waals surface area contributed by atoms with Crippen LogP contribution in [0.5, 0.6) is 0 Å². The van der Waals surface area contributed by atoms with E-state index in [1.54, 1.807) is 12.1 Å². The van der Waals surface area contributed by atoms with Gasteiger partial charge in [0.1, 0.15) is 0 Å². The van der Waals surface area contributed by atoms with Gasteiger partial charge < -0.3 is 16.2 Å². The minimum absolute atomic E-state index is 0.381. The van der Waals surface area contributed by atoms with Gasteiger partial charge in [0, 0.05) is 5.69 Å². The zero-order valence-corrected chi connectivity index (χ0v) is 10.2. The van der Waals surface area contributed by atoms with E-state index in [1.165, 1.54) is 7.11 Å². The lowest BCUT2D eigenvalue weighted by atomic mass is 9.93. The minimum Gasteiger partial charge on any atom is -0.469 e. The van der Waals surface area contributed by atoms with Crippen molar-refractivity contribution in [2.24, 2.45) is 17.1 Å². The second-order valence-corrected chi connectivity index (χ2v) is 4.73. The third-order valence-corrected chi connectivity index (χ3v) is 3.48. The molecule has 18 heavy (non-hydrogen) atoms. The number of hydrogen-bond acceptors (Lipinski definition) is 4.